The molecule has 1 atom stereocenters. The number of pyridine rings is 1. The minimum absolute atomic E-state index is 0.0253. The molecule has 0 bridgehead atoms. The van der Waals surface area contributed by atoms with Crippen molar-refractivity contribution in [2.75, 3.05) is 13.7 Å². The number of methoxy groups -OCH3 is 1. The first-order valence-electron chi connectivity index (χ1n) is 11.9. The number of nitrogens with zero attached hydrogens (tertiary/aromatic N) is 2. The number of aromatic nitrogens is 1. The zero-order valence-corrected chi connectivity index (χ0v) is 19.5. The highest BCUT2D eigenvalue weighted by molar-refractivity contribution is 5.81. The molecule has 1 fully saturated rings. The Morgan fingerprint density at radius 3 is 2.41 bits per heavy atom. The largest absolute Gasteiger partial charge is 0.493 e. The maximum absolute atomic E-state index is 13.2. The molecular formula is C28H30N2O4. The molecule has 1 unspecified atom stereocenters. The Morgan fingerprint density at radius 2 is 1.74 bits per heavy atom. The number of amides is 1. The lowest BCUT2D eigenvalue weighted by Gasteiger charge is -2.26. The molecule has 1 saturated heterocycles. The predicted octanol–water partition coefficient (Wildman–Crippen LogP) is 4.34. The van der Waals surface area contributed by atoms with Crippen molar-refractivity contribution in [2.45, 2.75) is 51.0 Å². The smallest absolute Gasteiger partial charge is 0.252 e. The number of hydrogen-bond acceptors (Lipinski definition) is 5. The van der Waals surface area contributed by atoms with Crippen molar-refractivity contribution in [1.29, 1.82) is 0 Å². The van der Waals surface area contributed by atoms with E-state index in [4.69, 9.17) is 14.2 Å². The number of carbonyl (C=O) groups excluding carboxylic acids is 1. The van der Waals surface area contributed by atoms with Crippen molar-refractivity contribution >= 4 is 5.91 Å². The van der Waals surface area contributed by atoms with Gasteiger partial charge >= 0.3 is 0 Å². The molecule has 2 heterocycles. The summed E-state index contributed by atoms with van der Waals surface area (Å²) in [6, 6.07) is 18.3. The monoisotopic (exact) mass is 458 g/mol. The van der Waals surface area contributed by atoms with E-state index in [0.29, 0.717) is 25.4 Å². The Balaban J connectivity index is 1.31. The standard InChI is InChI=1S/C28H30N2O4/c1-32-27-15-21(8-9-25(27)34-24-16-22-5-2-3-6-23(22)17-24)19-30(18-20-10-12-29-13-11-20)28(31)26-7-4-14-33-26/h2-3,5-6,8-13,15,24,26H,4,7,14,16-19H2,1H3. The van der Waals surface area contributed by atoms with Crippen molar-refractivity contribution in [3.8, 4) is 11.5 Å². The highest BCUT2D eigenvalue weighted by Gasteiger charge is 2.29. The Kier molecular flexibility index (Phi) is 6.77. The summed E-state index contributed by atoms with van der Waals surface area (Å²) < 4.78 is 17.7. The molecule has 3 aromatic rings. The van der Waals surface area contributed by atoms with E-state index in [1.807, 2.05) is 35.2 Å². The molecule has 34 heavy (non-hydrogen) atoms. The molecule has 176 valence electrons. The normalized spacial score (nSPS) is 17.4. The molecule has 1 amide bonds. The van der Waals surface area contributed by atoms with Crippen LogP contribution in [-0.2, 0) is 35.5 Å². The third-order valence-electron chi connectivity index (χ3n) is 6.55. The number of rotatable bonds is 8. The molecular weight excluding hydrogens is 428 g/mol. The fraction of sp³-hybridized carbons (Fsp3) is 0.357. The second kappa shape index (κ2) is 10.3. The van der Waals surface area contributed by atoms with Gasteiger partial charge in [-0.3, -0.25) is 9.78 Å². The summed E-state index contributed by atoms with van der Waals surface area (Å²) in [5, 5.41) is 0. The van der Waals surface area contributed by atoms with Crippen molar-refractivity contribution in [1.82, 2.24) is 9.88 Å². The molecule has 0 spiro atoms. The van der Waals surface area contributed by atoms with Gasteiger partial charge in [-0.2, -0.15) is 0 Å². The van der Waals surface area contributed by atoms with Crippen LogP contribution in [0.2, 0.25) is 0 Å². The number of ether oxygens (including phenoxy) is 3. The average Bonchev–Trinajstić information content (AvgIpc) is 3.54. The fourth-order valence-corrected chi connectivity index (χ4v) is 4.81. The summed E-state index contributed by atoms with van der Waals surface area (Å²) >= 11 is 0. The van der Waals surface area contributed by atoms with Crippen LogP contribution in [0.1, 0.15) is 35.1 Å². The number of hydrogen-bond donors (Lipinski definition) is 0. The van der Waals surface area contributed by atoms with Gasteiger partial charge in [0, 0.05) is 44.9 Å². The quantitative estimate of drug-likeness (QED) is 0.502. The van der Waals surface area contributed by atoms with Gasteiger partial charge in [-0.15, -0.1) is 0 Å². The van der Waals surface area contributed by atoms with E-state index in [1.165, 1.54) is 11.1 Å². The molecule has 1 aliphatic carbocycles. The van der Waals surface area contributed by atoms with Crippen LogP contribution in [0.25, 0.3) is 0 Å². The SMILES string of the molecule is COc1cc(CN(Cc2ccncc2)C(=O)C2CCCO2)ccc1OC1Cc2ccccc2C1. The van der Waals surface area contributed by atoms with Gasteiger partial charge in [-0.05, 0) is 59.4 Å². The van der Waals surface area contributed by atoms with Gasteiger partial charge in [0.1, 0.15) is 12.2 Å². The minimum atomic E-state index is -0.365. The highest BCUT2D eigenvalue weighted by atomic mass is 16.5. The van der Waals surface area contributed by atoms with Crippen LogP contribution in [0.4, 0.5) is 0 Å². The van der Waals surface area contributed by atoms with E-state index in [9.17, 15) is 4.79 Å². The summed E-state index contributed by atoms with van der Waals surface area (Å²) in [7, 11) is 1.65. The van der Waals surface area contributed by atoms with Crippen molar-refractivity contribution in [3.05, 3.63) is 89.2 Å². The van der Waals surface area contributed by atoms with Crippen molar-refractivity contribution in [3.63, 3.8) is 0 Å². The number of benzene rings is 2. The maximum Gasteiger partial charge on any atom is 0.252 e. The van der Waals surface area contributed by atoms with E-state index < -0.39 is 0 Å². The predicted molar refractivity (Wildman–Crippen MR) is 129 cm³/mol. The summed E-state index contributed by atoms with van der Waals surface area (Å²) in [6.07, 6.45) is 6.72. The second-order valence-corrected chi connectivity index (χ2v) is 8.95. The highest BCUT2D eigenvalue weighted by Crippen LogP contribution is 2.33. The summed E-state index contributed by atoms with van der Waals surface area (Å²) in [5.41, 5.74) is 4.72. The van der Waals surface area contributed by atoms with Crippen LogP contribution < -0.4 is 9.47 Å². The van der Waals surface area contributed by atoms with Crippen molar-refractivity contribution < 1.29 is 19.0 Å². The van der Waals surface area contributed by atoms with E-state index in [-0.39, 0.29) is 18.1 Å². The third kappa shape index (κ3) is 5.07. The van der Waals surface area contributed by atoms with Gasteiger partial charge in [0.2, 0.25) is 0 Å². The average molecular weight is 459 g/mol. The lowest BCUT2D eigenvalue weighted by Crippen LogP contribution is -2.38. The van der Waals surface area contributed by atoms with Crippen LogP contribution in [0.3, 0.4) is 0 Å². The Bertz CT molecular complexity index is 1100. The van der Waals surface area contributed by atoms with Crippen LogP contribution in [0, 0.1) is 0 Å². The van der Waals surface area contributed by atoms with Gasteiger partial charge in [0.05, 0.1) is 7.11 Å². The van der Waals surface area contributed by atoms with Crippen LogP contribution in [0.5, 0.6) is 11.5 Å². The van der Waals surface area contributed by atoms with E-state index in [0.717, 1.165) is 42.6 Å². The zero-order chi connectivity index (χ0) is 23.3. The molecule has 6 nitrogen and oxygen atoms in total. The van der Waals surface area contributed by atoms with Gasteiger partial charge < -0.3 is 19.1 Å². The van der Waals surface area contributed by atoms with Gasteiger partial charge in [-0.1, -0.05) is 30.3 Å². The van der Waals surface area contributed by atoms with Crippen LogP contribution in [0.15, 0.2) is 67.0 Å². The molecule has 5 rings (SSSR count). The third-order valence-corrected chi connectivity index (χ3v) is 6.55. The molecule has 0 N–H and O–H groups in total. The number of fused-ring (bicyclic) bond motifs is 1. The van der Waals surface area contributed by atoms with E-state index in [2.05, 4.69) is 29.2 Å². The van der Waals surface area contributed by atoms with Crippen LogP contribution in [-0.4, -0.2) is 41.7 Å². The lowest BCUT2D eigenvalue weighted by molar-refractivity contribution is -0.142. The Hall–Kier alpha value is -3.38. The Labute approximate surface area is 200 Å². The fourth-order valence-electron chi connectivity index (χ4n) is 4.81. The summed E-state index contributed by atoms with van der Waals surface area (Å²) in [6.45, 7) is 1.61. The molecule has 1 aliphatic heterocycles. The molecule has 6 heteroatoms. The molecule has 0 radical (unpaired) electrons. The number of carbonyl (C=O) groups is 1. The molecule has 2 aliphatic rings. The van der Waals surface area contributed by atoms with Gasteiger partial charge in [-0.25, -0.2) is 0 Å². The Morgan fingerprint density at radius 1 is 1.00 bits per heavy atom. The van der Waals surface area contributed by atoms with Gasteiger partial charge in [0.15, 0.2) is 11.5 Å². The minimum Gasteiger partial charge on any atom is -0.493 e. The van der Waals surface area contributed by atoms with E-state index >= 15 is 0 Å². The van der Waals surface area contributed by atoms with Crippen LogP contribution >= 0.6 is 0 Å². The maximum atomic E-state index is 13.2. The zero-order valence-electron chi connectivity index (χ0n) is 19.5. The van der Waals surface area contributed by atoms with E-state index in [1.54, 1.807) is 19.5 Å². The van der Waals surface area contributed by atoms with Crippen molar-refractivity contribution in [2.24, 2.45) is 0 Å². The first kappa shape index (κ1) is 22.4. The summed E-state index contributed by atoms with van der Waals surface area (Å²) in [5.74, 6) is 1.44. The van der Waals surface area contributed by atoms with Gasteiger partial charge in [0.25, 0.3) is 5.91 Å². The topological polar surface area (TPSA) is 60.9 Å². The summed E-state index contributed by atoms with van der Waals surface area (Å²) in [4.78, 5) is 19.2. The first-order valence-corrected chi connectivity index (χ1v) is 11.9. The molecule has 1 aromatic heterocycles. The molecule has 2 aromatic carbocycles. The first-order chi connectivity index (χ1) is 16.7. The lowest BCUT2D eigenvalue weighted by atomic mass is 10.1. The molecule has 0 saturated carbocycles. The second-order valence-electron chi connectivity index (χ2n) is 8.95.